The fraction of sp³-hybridized carbons (Fsp3) is 0.256. The Labute approximate surface area is 292 Å². The first-order chi connectivity index (χ1) is 24.4. The van der Waals surface area contributed by atoms with E-state index in [1.807, 2.05) is 6.07 Å². The molecule has 6 rings (SSSR count). The largest absolute Gasteiger partial charge is 0.507 e. The predicted octanol–water partition coefficient (Wildman–Crippen LogP) is 3.05. The molecule has 0 saturated carbocycles. The summed E-state index contributed by atoms with van der Waals surface area (Å²) in [6.07, 6.45) is -4.27. The van der Waals surface area contributed by atoms with Gasteiger partial charge in [0, 0.05) is 41.2 Å². The van der Waals surface area contributed by atoms with Crippen LogP contribution < -0.4 is 9.47 Å². The number of benzene rings is 4. The van der Waals surface area contributed by atoms with Crippen molar-refractivity contribution in [3.63, 3.8) is 0 Å². The Bertz CT molecular complexity index is 2040. The molecule has 12 heteroatoms. The van der Waals surface area contributed by atoms with Gasteiger partial charge in [-0.05, 0) is 47.4 Å². The van der Waals surface area contributed by atoms with Gasteiger partial charge in [0.1, 0.15) is 35.6 Å². The Balaban J connectivity index is 1.56. The molecule has 0 radical (unpaired) electrons. The lowest BCUT2D eigenvalue weighted by Crippen LogP contribution is -2.58. The van der Waals surface area contributed by atoms with E-state index < -0.39 is 60.6 Å². The number of rotatable bonds is 9. The Hall–Kier alpha value is -5.21. The second-order valence-electron chi connectivity index (χ2n) is 12.4. The summed E-state index contributed by atoms with van der Waals surface area (Å²) >= 11 is 0. The van der Waals surface area contributed by atoms with Crippen molar-refractivity contribution in [3.05, 3.63) is 122 Å². The minimum atomic E-state index is -1.74. The van der Waals surface area contributed by atoms with Crippen LogP contribution in [0.2, 0.25) is 0 Å². The molecule has 0 bridgehead atoms. The van der Waals surface area contributed by atoms with Crippen molar-refractivity contribution in [3.8, 4) is 17.2 Å². The first kappa shape index (κ1) is 35.6. The zero-order chi connectivity index (χ0) is 36.6. The molecule has 1 fully saturated rings. The third-order valence-electron chi connectivity index (χ3n) is 8.97. The number of phenols is 1. The lowest BCUT2D eigenvalue weighted by atomic mass is 9.77. The van der Waals surface area contributed by atoms with Crippen LogP contribution in [0.25, 0.3) is 12.2 Å². The molecule has 0 spiro atoms. The number of ether oxygens (including phenoxy) is 3. The van der Waals surface area contributed by atoms with Crippen LogP contribution in [-0.4, -0.2) is 78.9 Å². The maximum absolute atomic E-state index is 14.6. The highest BCUT2D eigenvalue weighted by molar-refractivity contribution is 6.31. The zero-order valence-corrected chi connectivity index (χ0v) is 27.6. The first-order valence-corrected chi connectivity index (χ1v) is 16.2. The van der Waals surface area contributed by atoms with Gasteiger partial charge in [-0.25, -0.2) is 0 Å². The van der Waals surface area contributed by atoms with Gasteiger partial charge in [0.25, 0.3) is 0 Å². The van der Waals surface area contributed by atoms with E-state index in [2.05, 4.69) is 0 Å². The number of hydrogen-bond acceptors (Lipinski definition) is 12. The molecule has 6 N–H and O–H groups in total. The number of esters is 1. The molecule has 1 saturated heterocycles. The van der Waals surface area contributed by atoms with Gasteiger partial charge in [-0.1, -0.05) is 60.7 Å². The van der Waals surface area contributed by atoms with Gasteiger partial charge in [-0.3, -0.25) is 14.4 Å². The van der Waals surface area contributed by atoms with Crippen LogP contribution in [0.5, 0.6) is 17.2 Å². The summed E-state index contributed by atoms with van der Waals surface area (Å²) in [5, 5.41) is 63.4. The SMILES string of the molecule is CC(=O)Oc1cc(CO)c2c(c1C=Cc1ccccc1)C(=O)c1cc(O[C@H]3O[C@H](C)[C@@H](O)[C@@H](O)[C@H]3O)c(Cc3cccc(CO)c3)c(O)c1C2=O. The molecule has 0 aromatic heterocycles. The number of aromatic hydroxyl groups is 1. The number of aliphatic hydroxyl groups excluding tert-OH is 5. The van der Waals surface area contributed by atoms with Crippen LogP contribution in [0.15, 0.2) is 66.7 Å². The van der Waals surface area contributed by atoms with Gasteiger partial charge in [0.05, 0.1) is 24.9 Å². The molecule has 4 aromatic rings. The number of aliphatic hydroxyl groups is 5. The van der Waals surface area contributed by atoms with Gasteiger partial charge >= 0.3 is 5.97 Å². The molecule has 5 atom stereocenters. The smallest absolute Gasteiger partial charge is 0.308 e. The Morgan fingerprint density at radius 2 is 1.53 bits per heavy atom. The number of fused-ring (bicyclic) bond motifs is 2. The summed E-state index contributed by atoms with van der Waals surface area (Å²) < 4.78 is 17.2. The standard InChI is InChI=1S/C39H36O12/c1-19-33(43)37(47)38(48)39(49-19)51-29-16-27-32(34(44)26(29)14-22-9-6-10-23(13-22)17-40)36(46)30-24(18-41)15-28(50-20(2)42)25(31(30)35(27)45)12-11-21-7-4-3-5-8-21/h3-13,15-16,19,33,37-41,43-44,47-48H,14,17-18H2,1-2H3/t19-,33-,37-,38-,39-/m1/s1. The lowest BCUT2D eigenvalue weighted by molar-refractivity contribution is -0.268. The number of hydrogen-bond donors (Lipinski definition) is 6. The van der Waals surface area contributed by atoms with Crippen LogP contribution in [0.1, 0.15) is 79.1 Å². The maximum Gasteiger partial charge on any atom is 0.308 e. The number of carbonyl (C=O) groups excluding carboxylic acids is 3. The van der Waals surface area contributed by atoms with Crippen LogP contribution >= 0.6 is 0 Å². The molecule has 0 unspecified atom stereocenters. The molecule has 0 amide bonds. The third-order valence-corrected chi connectivity index (χ3v) is 8.97. The molecule has 2 aliphatic rings. The summed E-state index contributed by atoms with van der Waals surface area (Å²) in [5.41, 5.74) is 0.942. The van der Waals surface area contributed by atoms with Crippen molar-refractivity contribution in [1.29, 1.82) is 0 Å². The molecular formula is C39H36O12. The Kier molecular flexibility index (Phi) is 10.2. The zero-order valence-electron chi connectivity index (χ0n) is 27.6. The van der Waals surface area contributed by atoms with Crippen molar-refractivity contribution in [2.45, 2.75) is 64.2 Å². The van der Waals surface area contributed by atoms with Crippen molar-refractivity contribution in [2.75, 3.05) is 0 Å². The minimum Gasteiger partial charge on any atom is -0.507 e. The van der Waals surface area contributed by atoms with Gasteiger partial charge in [-0.2, -0.15) is 0 Å². The molecule has 51 heavy (non-hydrogen) atoms. The van der Waals surface area contributed by atoms with Crippen molar-refractivity contribution >= 4 is 29.7 Å². The van der Waals surface area contributed by atoms with E-state index in [1.165, 1.54) is 32.1 Å². The maximum atomic E-state index is 14.6. The fourth-order valence-corrected chi connectivity index (χ4v) is 6.40. The van der Waals surface area contributed by atoms with Crippen molar-refractivity contribution < 1.29 is 59.2 Å². The molecule has 1 aliphatic heterocycles. The Morgan fingerprint density at radius 1 is 0.804 bits per heavy atom. The highest BCUT2D eigenvalue weighted by Crippen LogP contribution is 2.45. The van der Waals surface area contributed by atoms with Gasteiger partial charge < -0.3 is 44.8 Å². The van der Waals surface area contributed by atoms with Crippen molar-refractivity contribution in [1.82, 2.24) is 0 Å². The summed E-state index contributed by atoms with van der Waals surface area (Å²) in [6.45, 7) is 1.66. The minimum absolute atomic E-state index is 0.0145. The predicted molar refractivity (Wildman–Crippen MR) is 182 cm³/mol. The van der Waals surface area contributed by atoms with E-state index in [0.717, 1.165) is 5.56 Å². The van der Waals surface area contributed by atoms with E-state index >= 15 is 0 Å². The van der Waals surface area contributed by atoms with Crippen molar-refractivity contribution in [2.24, 2.45) is 0 Å². The van der Waals surface area contributed by atoms with Gasteiger partial charge in [-0.15, -0.1) is 0 Å². The summed E-state index contributed by atoms with van der Waals surface area (Å²) in [6, 6.07) is 18.3. The summed E-state index contributed by atoms with van der Waals surface area (Å²) in [5.74, 6) is -3.14. The molecule has 264 valence electrons. The molecule has 4 aromatic carbocycles. The quantitative estimate of drug-likeness (QED) is 0.0749. The third kappa shape index (κ3) is 6.80. The van der Waals surface area contributed by atoms with E-state index in [9.17, 15) is 45.0 Å². The highest BCUT2D eigenvalue weighted by atomic mass is 16.7. The fourth-order valence-electron chi connectivity index (χ4n) is 6.40. The molecule has 12 nitrogen and oxygen atoms in total. The monoisotopic (exact) mass is 696 g/mol. The Morgan fingerprint density at radius 3 is 2.22 bits per heavy atom. The normalized spacial score (nSPS) is 21.4. The second kappa shape index (κ2) is 14.6. The van der Waals surface area contributed by atoms with E-state index in [0.29, 0.717) is 11.1 Å². The van der Waals surface area contributed by atoms with Gasteiger partial charge in [0.2, 0.25) is 6.29 Å². The highest BCUT2D eigenvalue weighted by Gasteiger charge is 2.44. The van der Waals surface area contributed by atoms with E-state index in [-0.39, 0.29) is 63.5 Å². The first-order valence-electron chi connectivity index (χ1n) is 16.2. The molecule has 1 aliphatic carbocycles. The number of carbonyl (C=O) groups is 3. The lowest BCUT2D eigenvalue weighted by Gasteiger charge is -2.39. The van der Waals surface area contributed by atoms with E-state index in [4.69, 9.17) is 14.2 Å². The average molecular weight is 697 g/mol. The van der Waals surface area contributed by atoms with Crippen LogP contribution in [0.3, 0.4) is 0 Å². The van der Waals surface area contributed by atoms with Crippen LogP contribution in [-0.2, 0) is 29.2 Å². The summed E-state index contributed by atoms with van der Waals surface area (Å²) in [4.78, 5) is 41.2. The number of ketones is 2. The molecular weight excluding hydrogens is 660 g/mol. The second-order valence-corrected chi connectivity index (χ2v) is 12.4. The van der Waals surface area contributed by atoms with E-state index in [1.54, 1.807) is 54.6 Å². The van der Waals surface area contributed by atoms with Crippen LogP contribution in [0, 0.1) is 0 Å². The molecule has 1 heterocycles. The summed E-state index contributed by atoms with van der Waals surface area (Å²) in [7, 11) is 0. The van der Waals surface area contributed by atoms with Gasteiger partial charge in [0.15, 0.2) is 11.6 Å². The topological polar surface area (TPSA) is 200 Å². The number of phenolic OH excluding ortho intramolecular Hbond substituents is 1. The average Bonchev–Trinajstić information content (AvgIpc) is 3.12. The van der Waals surface area contributed by atoms with Crippen LogP contribution in [0.4, 0.5) is 0 Å².